The largest absolute Gasteiger partial charge is 0.368 e. The second-order valence-electron chi connectivity index (χ2n) is 3.90. The smallest absolute Gasteiger partial charge is 0.223 e. The van der Waals surface area contributed by atoms with E-state index in [9.17, 15) is 4.79 Å². The highest BCUT2D eigenvalue weighted by atomic mass is 32.2. The van der Waals surface area contributed by atoms with Crippen molar-refractivity contribution in [2.45, 2.75) is 16.8 Å². The number of nitrogens with two attached hydrogens (primary N) is 2. The van der Waals surface area contributed by atoms with Gasteiger partial charge in [0.2, 0.25) is 11.9 Å². The number of amides is 1. The maximum absolute atomic E-state index is 10.9. The molecule has 0 aliphatic heterocycles. The predicted molar refractivity (Wildman–Crippen MR) is 79.1 cm³/mol. The first-order chi connectivity index (χ1) is 9.56. The van der Waals surface area contributed by atoms with E-state index in [0.717, 1.165) is 10.6 Å². The number of aromatic nitrogens is 2. The molecule has 6 N–H and O–H groups in total. The third kappa shape index (κ3) is 3.84. The Morgan fingerprint density at radius 2 is 1.95 bits per heavy atom. The Bertz CT molecular complexity index is 616. The number of rotatable bonds is 4. The van der Waals surface area contributed by atoms with Crippen LogP contribution in [0.5, 0.6) is 0 Å². The Balaban J connectivity index is 2.13. The van der Waals surface area contributed by atoms with E-state index in [1.54, 1.807) is 6.07 Å². The van der Waals surface area contributed by atoms with Crippen LogP contribution in [0.15, 0.2) is 40.3 Å². The van der Waals surface area contributed by atoms with Gasteiger partial charge >= 0.3 is 0 Å². The van der Waals surface area contributed by atoms with E-state index in [1.165, 1.54) is 18.7 Å². The van der Waals surface area contributed by atoms with E-state index in [2.05, 4.69) is 20.7 Å². The van der Waals surface area contributed by atoms with Crippen molar-refractivity contribution in [3.8, 4) is 0 Å². The highest BCUT2D eigenvalue weighted by Gasteiger charge is 2.04. The van der Waals surface area contributed by atoms with Gasteiger partial charge in [-0.3, -0.25) is 4.79 Å². The third-order valence-corrected chi connectivity index (χ3v) is 3.19. The fraction of sp³-hybridized carbons (Fsp3) is 0.0833. The molecule has 0 fully saturated rings. The molecule has 0 saturated carbocycles. The van der Waals surface area contributed by atoms with Crippen LogP contribution in [0.3, 0.4) is 0 Å². The average molecular weight is 290 g/mol. The number of benzene rings is 1. The molecule has 1 aromatic heterocycles. The van der Waals surface area contributed by atoms with Crippen molar-refractivity contribution < 1.29 is 4.79 Å². The van der Waals surface area contributed by atoms with Crippen molar-refractivity contribution in [1.82, 2.24) is 9.97 Å². The first kappa shape index (κ1) is 14.1. The van der Waals surface area contributed by atoms with Crippen molar-refractivity contribution >= 4 is 35.1 Å². The lowest BCUT2D eigenvalue weighted by Crippen LogP contribution is -2.10. The molecule has 0 unspecified atom stereocenters. The fourth-order valence-electron chi connectivity index (χ4n) is 1.50. The van der Waals surface area contributed by atoms with Crippen molar-refractivity contribution in [2.75, 3.05) is 16.5 Å². The quantitative estimate of drug-likeness (QED) is 0.382. The molecule has 104 valence electrons. The van der Waals surface area contributed by atoms with Crippen LogP contribution in [0.1, 0.15) is 6.92 Å². The highest BCUT2D eigenvalue weighted by Crippen LogP contribution is 2.28. The topological polar surface area (TPSA) is 119 Å². The average Bonchev–Trinajstić information content (AvgIpc) is 2.39. The molecule has 1 amide bonds. The van der Waals surface area contributed by atoms with Gasteiger partial charge in [-0.2, -0.15) is 4.98 Å². The fourth-order valence-corrected chi connectivity index (χ4v) is 2.32. The number of nitrogen functional groups attached to an aromatic ring is 2. The van der Waals surface area contributed by atoms with E-state index < -0.39 is 0 Å². The molecule has 8 heteroatoms. The minimum atomic E-state index is -0.104. The van der Waals surface area contributed by atoms with E-state index in [0.29, 0.717) is 10.8 Å². The Morgan fingerprint density at radius 1 is 1.25 bits per heavy atom. The molecule has 0 saturated heterocycles. The van der Waals surface area contributed by atoms with Crippen LogP contribution in [-0.2, 0) is 4.79 Å². The lowest BCUT2D eigenvalue weighted by atomic mass is 10.3. The van der Waals surface area contributed by atoms with Crippen molar-refractivity contribution in [2.24, 2.45) is 5.84 Å². The predicted octanol–water partition coefficient (Wildman–Crippen LogP) is 1.45. The number of hydrogen-bond donors (Lipinski definition) is 4. The number of hydrazine groups is 1. The first-order valence-electron chi connectivity index (χ1n) is 5.73. The Morgan fingerprint density at radius 3 is 2.55 bits per heavy atom. The number of nitrogens with zero attached hydrogens (tertiary/aromatic N) is 2. The van der Waals surface area contributed by atoms with Gasteiger partial charge < -0.3 is 16.5 Å². The van der Waals surface area contributed by atoms with Crippen molar-refractivity contribution in [3.63, 3.8) is 0 Å². The van der Waals surface area contributed by atoms with Crippen molar-refractivity contribution in [1.29, 1.82) is 0 Å². The molecular formula is C12H14N6OS. The maximum atomic E-state index is 10.9. The standard InChI is InChI=1S/C12H14N6OS/c1-7(19)15-8-2-4-9(5-3-8)20-11-6-10(18-14)16-12(13)17-11/h2-6H,14H2,1H3,(H,15,19)(H3,13,16,17,18). The number of carbonyl (C=O) groups excluding carboxylic acids is 1. The molecule has 20 heavy (non-hydrogen) atoms. The lowest BCUT2D eigenvalue weighted by molar-refractivity contribution is -0.114. The molecule has 2 rings (SSSR count). The molecule has 0 bridgehead atoms. The van der Waals surface area contributed by atoms with Gasteiger partial charge in [-0.15, -0.1) is 0 Å². The maximum Gasteiger partial charge on any atom is 0.223 e. The van der Waals surface area contributed by atoms with Gasteiger partial charge in [0.1, 0.15) is 10.8 Å². The third-order valence-electron chi connectivity index (χ3n) is 2.26. The summed E-state index contributed by atoms with van der Waals surface area (Å²) in [5.41, 5.74) is 8.77. The summed E-state index contributed by atoms with van der Waals surface area (Å²) < 4.78 is 0. The van der Waals surface area contributed by atoms with Gasteiger partial charge in [0.15, 0.2) is 0 Å². The highest BCUT2D eigenvalue weighted by molar-refractivity contribution is 7.99. The zero-order valence-corrected chi connectivity index (χ0v) is 11.6. The van der Waals surface area contributed by atoms with Crippen LogP contribution in [0.4, 0.5) is 17.5 Å². The Labute approximate surface area is 120 Å². The summed E-state index contributed by atoms with van der Waals surface area (Å²) in [7, 11) is 0. The van der Waals surface area contributed by atoms with Gasteiger partial charge in [0.25, 0.3) is 0 Å². The molecule has 7 nitrogen and oxygen atoms in total. The number of anilines is 3. The number of carbonyl (C=O) groups is 1. The summed E-state index contributed by atoms with van der Waals surface area (Å²) in [6.45, 7) is 1.47. The second-order valence-corrected chi connectivity index (χ2v) is 5.00. The van der Waals surface area contributed by atoms with Crippen LogP contribution in [0.2, 0.25) is 0 Å². The lowest BCUT2D eigenvalue weighted by Gasteiger charge is -2.06. The zero-order valence-electron chi connectivity index (χ0n) is 10.8. The summed E-state index contributed by atoms with van der Waals surface area (Å²) in [5.74, 6) is 5.80. The van der Waals surface area contributed by atoms with Crippen LogP contribution in [0.25, 0.3) is 0 Å². The van der Waals surface area contributed by atoms with Crippen LogP contribution in [0, 0.1) is 0 Å². The van der Waals surface area contributed by atoms with Crippen LogP contribution in [-0.4, -0.2) is 15.9 Å². The zero-order chi connectivity index (χ0) is 14.5. The second kappa shape index (κ2) is 6.22. The van der Waals surface area contributed by atoms with Gasteiger partial charge in [-0.1, -0.05) is 11.8 Å². The molecule has 0 aliphatic rings. The van der Waals surface area contributed by atoms with Gasteiger partial charge in [-0.25, -0.2) is 10.8 Å². The Kier molecular flexibility index (Phi) is 4.38. The molecule has 0 spiro atoms. The van der Waals surface area contributed by atoms with Crippen molar-refractivity contribution in [3.05, 3.63) is 30.3 Å². The summed E-state index contributed by atoms with van der Waals surface area (Å²) in [6, 6.07) is 9.09. The van der Waals surface area contributed by atoms with E-state index in [1.807, 2.05) is 24.3 Å². The minimum Gasteiger partial charge on any atom is -0.368 e. The number of hydrogen-bond acceptors (Lipinski definition) is 7. The summed E-state index contributed by atoms with van der Waals surface area (Å²) >= 11 is 1.42. The van der Waals surface area contributed by atoms with E-state index >= 15 is 0 Å². The number of nitrogens with one attached hydrogen (secondary N) is 2. The van der Waals surface area contributed by atoms with Crippen LogP contribution >= 0.6 is 11.8 Å². The summed E-state index contributed by atoms with van der Waals surface area (Å²) in [4.78, 5) is 19.9. The minimum absolute atomic E-state index is 0.104. The molecule has 0 atom stereocenters. The molecule has 2 aromatic rings. The molecule has 0 aliphatic carbocycles. The first-order valence-corrected chi connectivity index (χ1v) is 6.55. The van der Waals surface area contributed by atoms with Crippen LogP contribution < -0.4 is 22.3 Å². The summed E-state index contributed by atoms with van der Waals surface area (Å²) in [6.07, 6.45) is 0. The molecule has 0 radical (unpaired) electrons. The van der Waals surface area contributed by atoms with Gasteiger partial charge in [0, 0.05) is 23.6 Å². The summed E-state index contributed by atoms with van der Waals surface area (Å²) in [5, 5.41) is 3.38. The normalized spacial score (nSPS) is 10.1. The van der Waals surface area contributed by atoms with Gasteiger partial charge in [0.05, 0.1) is 0 Å². The SMILES string of the molecule is CC(=O)Nc1ccc(Sc2cc(NN)nc(N)n2)cc1. The van der Waals surface area contributed by atoms with E-state index in [-0.39, 0.29) is 11.9 Å². The van der Waals surface area contributed by atoms with Gasteiger partial charge in [-0.05, 0) is 24.3 Å². The molecule has 1 heterocycles. The van der Waals surface area contributed by atoms with E-state index in [4.69, 9.17) is 11.6 Å². The molecular weight excluding hydrogens is 276 g/mol. The monoisotopic (exact) mass is 290 g/mol. The Hall–Kier alpha value is -2.32. The molecule has 1 aromatic carbocycles.